The number of carbonyl (C=O) groups excluding carboxylic acids is 1. The normalized spacial score (nSPS) is 10.6. The molecule has 13 heavy (non-hydrogen) atoms. The number of methoxy groups -OCH3 is 1. The van der Waals surface area contributed by atoms with Gasteiger partial charge in [-0.3, -0.25) is 0 Å². The number of aliphatic hydroxyl groups excluding tert-OH is 1. The first-order valence-electron chi connectivity index (χ1n) is 3.82. The summed E-state index contributed by atoms with van der Waals surface area (Å²) in [6.07, 6.45) is 3.26. The van der Waals surface area contributed by atoms with Crippen molar-refractivity contribution < 1.29 is 14.6 Å². The number of aromatic nitrogens is 1. The third-order valence-corrected chi connectivity index (χ3v) is 1.52. The lowest BCUT2D eigenvalue weighted by molar-refractivity contribution is 0.0595. The second-order valence-electron chi connectivity index (χ2n) is 2.40. The highest BCUT2D eigenvalue weighted by Gasteiger charge is 2.05. The van der Waals surface area contributed by atoms with E-state index in [0.717, 1.165) is 5.69 Å². The van der Waals surface area contributed by atoms with Crippen LogP contribution >= 0.6 is 0 Å². The van der Waals surface area contributed by atoms with Gasteiger partial charge >= 0.3 is 5.97 Å². The van der Waals surface area contributed by atoms with Crippen LogP contribution < -0.4 is 0 Å². The molecule has 4 nitrogen and oxygen atoms in total. The van der Waals surface area contributed by atoms with Crippen LogP contribution in [-0.2, 0) is 4.74 Å². The summed E-state index contributed by atoms with van der Waals surface area (Å²) >= 11 is 0. The van der Waals surface area contributed by atoms with Gasteiger partial charge in [0, 0.05) is 5.69 Å². The summed E-state index contributed by atoms with van der Waals surface area (Å²) < 4.78 is 4.51. The molecule has 4 heteroatoms. The Balaban J connectivity index is 2.74. The Morgan fingerprint density at radius 3 is 3.08 bits per heavy atom. The zero-order chi connectivity index (χ0) is 9.68. The first kappa shape index (κ1) is 9.54. The third kappa shape index (κ3) is 2.45. The second-order valence-corrected chi connectivity index (χ2v) is 2.40. The van der Waals surface area contributed by atoms with Crippen molar-refractivity contribution in [2.45, 2.75) is 0 Å². The molecule has 70 valence electrons. The SMILES string of the molecule is COC(=O)c1ccc(C=CCO)[nH]1. The first-order valence-corrected chi connectivity index (χ1v) is 3.82. The number of nitrogens with one attached hydrogen (secondary N) is 1. The van der Waals surface area contributed by atoms with E-state index >= 15 is 0 Å². The topological polar surface area (TPSA) is 62.3 Å². The van der Waals surface area contributed by atoms with Gasteiger partial charge in [-0.2, -0.15) is 0 Å². The van der Waals surface area contributed by atoms with E-state index < -0.39 is 5.97 Å². The van der Waals surface area contributed by atoms with Gasteiger partial charge in [-0.05, 0) is 18.2 Å². The highest BCUT2D eigenvalue weighted by Crippen LogP contribution is 2.04. The average molecular weight is 181 g/mol. The van der Waals surface area contributed by atoms with Crippen molar-refractivity contribution in [1.29, 1.82) is 0 Å². The zero-order valence-corrected chi connectivity index (χ0v) is 7.28. The molecule has 0 aliphatic rings. The molecule has 0 saturated carbocycles. The molecule has 0 atom stereocenters. The molecule has 0 radical (unpaired) electrons. The average Bonchev–Trinajstić information content (AvgIpc) is 2.62. The lowest BCUT2D eigenvalue weighted by Gasteiger charge is -1.92. The molecule has 0 bridgehead atoms. The largest absolute Gasteiger partial charge is 0.464 e. The molecule has 0 aliphatic heterocycles. The van der Waals surface area contributed by atoms with Gasteiger partial charge in [-0.15, -0.1) is 0 Å². The predicted octanol–water partition coefficient (Wildman–Crippen LogP) is 0.807. The van der Waals surface area contributed by atoms with Gasteiger partial charge in [0.2, 0.25) is 0 Å². The summed E-state index contributed by atoms with van der Waals surface area (Å²) in [7, 11) is 1.33. The molecule has 1 heterocycles. The Labute approximate surface area is 75.8 Å². The van der Waals surface area contributed by atoms with E-state index in [2.05, 4.69) is 9.72 Å². The minimum Gasteiger partial charge on any atom is -0.464 e. The third-order valence-electron chi connectivity index (χ3n) is 1.52. The van der Waals surface area contributed by atoms with Crippen molar-refractivity contribution in [3.8, 4) is 0 Å². The van der Waals surface area contributed by atoms with Crippen LogP contribution in [0.5, 0.6) is 0 Å². The molecular formula is C9H11NO3. The molecule has 0 aromatic carbocycles. The molecule has 1 aromatic heterocycles. The van der Waals surface area contributed by atoms with E-state index in [9.17, 15) is 4.79 Å². The number of hydrogen-bond donors (Lipinski definition) is 2. The van der Waals surface area contributed by atoms with Crippen molar-refractivity contribution in [3.63, 3.8) is 0 Å². The molecule has 0 aliphatic carbocycles. The number of H-pyrrole nitrogens is 1. The lowest BCUT2D eigenvalue weighted by atomic mass is 10.4. The fraction of sp³-hybridized carbons (Fsp3) is 0.222. The predicted molar refractivity (Wildman–Crippen MR) is 48.3 cm³/mol. The van der Waals surface area contributed by atoms with Gasteiger partial charge in [-0.25, -0.2) is 4.79 Å². The molecule has 1 aromatic rings. The van der Waals surface area contributed by atoms with Crippen LogP contribution in [0.4, 0.5) is 0 Å². The van der Waals surface area contributed by atoms with E-state index in [1.54, 1.807) is 24.3 Å². The van der Waals surface area contributed by atoms with E-state index in [4.69, 9.17) is 5.11 Å². The Hall–Kier alpha value is -1.55. The van der Waals surface area contributed by atoms with Crippen LogP contribution in [0.2, 0.25) is 0 Å². The number of aliphatic hydroxyl groups is 1. The smallest absolute Gasteiger partial charge is 0.354 e. The summed E-state index contributed by atoms with van der Waals surface area (Å²) in [6.45, 7) is -0.0213. The maximum atomic E-state index is 11.0. The van der Waals surface area contributed by atoms with Gasteiger partial charge in [0.25, 0.3) is 0 Å². The molecule has 0 unspecified atom stereocenters. The Morgan fingerprint density at radius 1 is 1.69 bits per heavy atom. The van der Waals surface area contributed by atoms with Crippen LogP contribution in [-0.4, -0.2) is 29.8 Å². The maximum absolute atomic E-state index is 11.0. The summed E-state index contributed by atoms with van der Waals surface area (Å²) in [4.78, 5) is 13.8. The summed E-state index contributed by atoms with van der Waals surface area (Å²) in [5.74, 6) is -0.399. The minimum absolute atomic E-state index is 0.0213. The van der Waals surface area contributed by atoms with E-state index in [1.165, 1.54) is 7.11 Å². The molecule has 0 amide bonds. The fourth-order valence-corrected chi connectivity index (χ4v) is 0.918. The number of rotatable bonds is 3. The van der Waals surface area contributed by atoms with Crippen molar-refractivity contribution >= 4 is 12.0 Å². The van der Waals surface area contributed by atoms with Gasteiger partial charge in [0.05, 0.1) is 13.7 Å². The summed E-state index contributed by atoms with van der Waals surface area (Å²) in [6, 6.07) is 3.36. The fourth-order valence-electron chi connectivity index (χ4n) is 0.918. The van der Waals surface area contributed by atoms with Crippen LogP contribution in [0.3, 0.4) is 0 Å². The second kappa shape index (κ2) is 4.47. The van der Waals surface area contributed by atoms with Crippen LogP contribution in [0.15, 0.2) is 18.2 Å². The highest BCUT2D eigenvalue weighted by atomic mass is 16.5. The van der Waals surface area contributed by atoms with Gasteiger partial charge in [0.15, 0.2) is 0 Å². The number of aromatic amines is 1. The lowest BCUT2D eigenvalue weighted by Crippen LogP contribution is -2.00. The number of ether oxygens (including phenoxy) is 1. The number of esters is 1. The number of hydrogen-bond acceptors (Lipinski definition) is 3. The highest BCUT2D eigenvalue weighted by molar-refractivity contribution is 5.87. The monoisotopic (exact) mass is 181 g/mol. The van der Waals surface area contributed by atoms with Crippen molar-refractivity contribution in [3.05, 3.63) is 29.6 Å². The van der Waals surface area contributed by atoms with Crippen molar-refractivity contribution in [2.75, 3.05) is 13.7 Å². The maximum Gasteiger partial charge on any atom is 0.354 e. The summed E-state index contributed by atoms with van der Waals surface area (Å²) in [5, 5.41) is 8.50. The molecule has 0 spiro atoms. The molecular weight excluding hydrogens is 170 g/mol. The zero-order valence-electron chi connectivity index (χ0n) is 7.28. The van der Waals surface area contributed by atoms with Crippen LogP contribution in [0.1, 0.15) is 16.2 Å². The van der Waals surface area contributed by atoms with E-state index in [-0.39, 0.29) is 6.61 Å². The Kier molecular flexibility index (Phi) is 3.28. The number of carbonyl (C=O) groups is 1. The first-order chi connectivity index (χ1) is 6.27. The molecule has 0 saturated heterocycles. The molecule has 0 fully saturated rings. The van der Waals surface area contributed by atoms with Gasteiger partial charge in [0.1, 0.15) is 5.69 Å². The minimum atomic E-state index is -0.399. The van der Waals surface area contributed by atoms with Gasteiger partial charge < -0.3 is 14.8 Å². The van der Waals surface area contributed by atoms with Crippen LogP contribution in [0.25, 0.3) is 6.08 Å². The van der Waals surface area contributed by atoms with E-state index in [1.807, 2.05) is 0 Å². The standard InChI is InChI=1S/C9H11NO3/c1-13-9(12)8-5-4-7(10-8)3-2-6-11/h2-5,10-11H,6H2,1H3. The van der Waals surface area contributed by atoms with E-state index in [0.29, 0.717) is 5.69 Å². The van der Waals surface area contributed by atoms with Crippen molar-refractivity contribution in [1.82, 2.24) is 4.98 Å². The quantitative estimate of drug-likeness (QED) is 0.678. The Morgan fingerprint density at radius 2 is 2.46 bits per heavy atom. The molecule has 2 N–H and O–H groups in total. The van der Waals surface area contributed by atoms with Gasteiger partial charge in [-0.1, -0.05) is 6.08 Å². The molecule has 1 rings (SSSR count). The van der Waals surface area contributed by atoms with Crippen molar-refractivity contribution in [2.24, 2.45) is 0 Å². The van der Waals surface area contributed by atoms with Crippen LogP contribution in [0, 0.1) is 0 Å². The Bertz CT molecular complexity index is 314. The summed E-state index contributed by atoms with van der Waals surface area (Å²) in [5.41, 5.74) is 1.16.